The van der Waals surface area contributed by atoms with Crippen molar-refractivity contribution in [3.05, 3.63) is 152 Å². The number of piperazine rings is 1. The van der Waals surface area contributed by atoms with Crippen LogP contribution in [0, 0.1) is 21.4 Å². The van der Waals surface area contributed by atoms with E-state index in [4.69, 9.17) is 16.3 Å². The van der Waals surface area contributed by atoms with Gasteiger partial charge in [-0.05, 0) is 192 Å². The highest BCUT2D eigenvalue weighted by Crippen LogP contribution is 2.44. The summed E-state index contributed by atoms with van der Waals surface area (Å²) in [7, 11) is -2.48. The number of pyridine rings is 1. The number of aromatic nitrogens is 2. The van der Waals surface area contributed by atoms with Gasteiger partial charge in [-0.25, -0.2) is 18.1 Å². The smallest absolute Gasteiger partial charge is 0.293 e. The summed E-state index contributed by atoms with van der Waals surface area (Å²) in [6.07, 6.45) is 12.6. The van der Waals surface area contributed by atoms with Gasteiger partial charge in [0.2, 0.25) is 11.8 Å². The molecule has 1 aliphatic carbocycles. The van der Waals surface area contributed by atoms with Crippen LogP contribution in [0.2, 0.25) is 5.02 Å². The number of carbonyl (C=O) groups is 4. The minimum Gasteiger partial charge on any atom is -0.455 e. The number of unbranched alkanes of at least 4 members (excludes halogenated alkanes) is 1. The monoisotopic (exact) mass is 1240 g/mol. The fourth-order valence-electron chi connectivity index (χ4n) is 13.1. The summed E-state index contributed by atoms with van der Waals surface area (Å²) < 4.78 is 36.5. The zero-order valence-corrected chi connectivity index (χ0v) is 51.9. The largest absolute Gasteiger partial charge is 0.455 e. The molecule has 2 aromatic heterocycles. The van der Waals surface area contributed by atoms with Gasteiger partial charge in [0.25, 0.3) is 27.5 Å². The standard InChI is InChI=1S/C66H78ClN11O9S/c1-66(2)25-21-48(55(39-66)46-11-13-49(67)14-12-46)42-75-32-34-76(35-33-75)50-15-17-54(60(37-50)87-51-36-47-22-26-68-62(47)70-41-51)63(80)72-88(85,86)52-16-18-57(59(38-52)78(83)84)69-40-44-23-30-74(31-24-44)29-7-28-73(3)27-5-4-8-45-9-6-10-53-56(45)43-77(65(53)82)58-19-20-61(79)71-64(58)81/h6,9-18,22,26,36-38,41,44,58,69H,4-5,7-8,19-21,23-25,27-35,39-40,42-43H2,1-3H3,(H,68,70)(H,72,80)(H,71,79,81). The van der Waals surface area contributed by atoms with Gasteiger partial charge in [0, 0.05) is 92.2 Å². The number of rotatable bonds is 23. The number of amides is 4. The van der Waals surface area contributed by atoms with E-state index in [2.05, 4.69) is 84.0 Å². The molecular formula is C66H78ClN11O9S. The number of hydrogen-bond acceptors (Lipinski definition) is 15. The number of nitrogens with zero attached hydrogens (tertiary/aromatic N) is 7. The number of piperidine rings is 2. The lowest BCUT2D eigenvalue weighted by Gasteiger charge is -2.39. The number of fused-ring (bicyclic) bond motifs is 2. The summed E-state index contributed by atoms with van der Waals surface area (Å²) >= 11 is 6.28. The number of allylic oxidation sites excluding steroid dienone is 1. The van der Waals surface area contributed by atoms with Gasteiger partial charge in [-0.3, -0.25) is 39.5 Å². The van der Waals surface area contributed by atoms with E-state index in [1.165, 1.54) is 35.0 Å². The normalized spacial score (nSPS) is 18.7. The van der Waals surface area contributed by atoms with Crippen molar-refractivity contribution in [2.45, 2.75) is 102 Å². The summed E-state index contributed by atoms with van der Waals surface area (Å²) in [4.78, 5) is 81.8. The minimum absolute atomic E-state index is 0.0478. The van der Waals surface area contributed by atoms with Gasteiger partial charge in [0.15, 0.2) is 0 Å². The van der Waals surface area contributed by atoms with E-state index in [-0.39, 0.29) is 46.6 Å². The number of anilines is 2. The molecule has 1 atom stereocenters. The molecule has 4 aromatic carbocycles. The van der Waals surface area contributed by atoms with Crippen molar-refractivity contribution < 1.29 is 37.3 Å². The number of H-pyrrole nitrogens is 1. The Labute approximate surface area is 519 Å². The highest BCUT2D eigenvalue weighted by molar-refractivity contribution is 7.90. The number of sulfonamides is 1. The molecule has 6 aromatic rings. The summed E-state index contributed by atoms with van der Waals surface area (Å²) in [6, 6.07) is 25.7. The molecule has 0 bridgehead atoms. The molecule has 5 aliphatic rings. The molecule has 6 heterocycles. The number of imide groups is 1. The van der Waals surface area contributed by atoms with E-state index >= 15 is 0 Å². The van der Waals surface area contributed by atoms with Gasteiger partial charge in [0.05, 0.1) is 21.6 Å². The van der Waals surface area contributed by atoms with Crippen LogP contribution in [0.1, 0.15) is 115 Å². The number of hydrogen-bond donors (Lipinski definition) is 4. The van der Waals surface area contributed by atoms with Crippen LogP contribution in [0.25, 0.3) is 16.6 Å². The summed E-state index contributed by atoms with van der Waals surface area (Å²) in [5.41, 5.74) is 8.23. The van der Waals surface area contributed by atoms with E-state index in [9.17, 15) is 37.7 Å². The molecule has 4 amide bonds. The Morgan fingerprint density at radius 3 is 2.45 bits per heavy atom. The molecule has 4 aliphatic heterocycles. The SMILES string of the molecule is CN(CCCCc1cccc2c1CN(C1CCC(=O)NC1=O)C2=O)CCCN1CCC(CNc2ccc(S(=O)(=O)NC(=O)c3ccc(N4CCN(CC5=C(c6ccc(Cl)cc6)CC(C)(C)CC5)CC4)cc3Oc3cnc4[nH]ccc4c3)cc2[N+](=O)[O-])CC1. The number of carbonyl (C=O) groups excluding carboxylic acids is 4. The van der Waals surface area contributed by atoms with Crippen molar-refractivity contribution in [3.63, 3.8) is 0 Å². The van der Waals surface area contributed by atoms with Crippen molar-refractivity contribution in [2.75, 3.05) is 89.3 Å². The molecule has 0 saturated carbocycles. The summed E-state index contributed by atoms with van der Waals surface area (Å²) in [5, 5.41) is 19.6. The predicted octanol–water partition coefficient (Wildman–Crippen LogP) is 10.1. The number of aromatic amines is 1. The van der Waals surface area contributed by atoms with Crippen LogP contribution in [0.3, 0.4) is 0 Å². The Kier molecular flexibility index (Phi) is 19.0. The molecule has 88 heavy (non-hydrogen) atoms. The molecule has 464 valence electrons. The van der Waals surface area contributed by atoms with Crippen molar-refractivity contribution in [2.24, 2.45) is 11.3 Å². The Morgan fingerprint density at radius 2 is 1.68 bits per heavy atom. The number of nitrogens with one attached hydrogen (secondary N) is 4. The minimum atomic E-state index is -4.62. The van der Waals surface area contributed by atoms with E-state index in [0.717, 1.165) is 143 Å². The van der Waals surface area contributed by atoms with Gasteiger partial charge in [-0.2, -0.15) is 0 Å². The molecule has 20 nitrogen and oxygen atoms in total. The zero-order valence-electron chi connectivity index (χ0n) is 50.3. The van der Waals surface area contributed by atoms with Gasteiger partial charge in [0.1, 0.15) is 28.9 Å². The highest BCUT2D eigenvalue weighted by Gasteiger charge is 2.40. The van der Waals surface area contributed by atoms with Crippen LogP contribution in [0.15, 0.2) is 114 Å². The average molecular weight is 1240 g/mol. The Bertz CT molecular complexity index is 3740. The lowest BCUT2D eigenvalue weighted by molar-refractivity contribution is -0.384. The molecule has 3 saturated heterocycles. The van der Waals surface area contributed by atoms with E-state index < -0.39 is 43.4 Å². The zero-order chi connectivity index (χ0) is 61.7. The molecule has 11 rings (SSSR count). The first-order valence-electron chi connectivity index (χ1n) is 30.8. The number of nitro groups is 1. The summed E-state index contributed by atoms with van der Waals surface area (Å²) in [5.74, 6) is -1.10. The van der Waals surface area contributed by atoms with E-state index in [1.807, 2.05) is 30.3 Å². The van der Waals surface area contributed by atoms with Crippen LogP contribution in [0.4, 0.5) is 17.1 Å². The van der Waals surface area contributed by atoms with Crippen LogP contribution in [0.5, 0.6) is 11.5 Å². The number of aryl methyl sites for hydroxylation is 1. The average Bonchev–Trinajstić information content (AvgIpc) is 4.21. The molecular weight excluding hydrogens is 1160 g/mol. The number of ether oxygens (including phenoxy) is 1. The highest BCUT2D eigenvalue weighted by atomic mass is 35.5. The number of benzene rings is 4. The first-order chi connectivity index (χ1) is 42.3. The van der Waals surface area contributed by atoms with Crippen LogP contribution >= 0.6 is 11.6 Å². The first-order valence-corrected chi connectivity index (χ1v) is 32.6. The molecule has 4 N–H and O–H groups in total. The fourth-order valence-corrected chi connectivity index (χ4v) is 14.2. The van der Waals surface area contributed by atoms with Crippen LogP contribution in [-0.4, -0.2) is 152 Å². The Balaban J connectivity index is 0.652. The third-order valence-electron chi connectivity index (χ3n) is 18.3. The third kappa shape index (κ3) is 14.7. The molecule has 22 heteroatoms. The van der Waals surface area contributed by atoms with Gasteiger partial charge in [-0.1, -0.05) is 55.3 Å². The second kappa shape index (κ2) is 27.0. The van der Waals surface area contributed by atoms with Crippen molar-refractivity contribution in [1.82, 2.24) is 39.6 Å². The first kappa shape index (κ1) is 61.9. The van der Waals surface area contributed by atoms with Crippen LogP contribution in [-0.2, 0) is 32.6 Å². The predicted molar refractivity (Wildman–Crippen MR) is 340 cm³/mol. The second-order valence-corrected chi connectivity index (χ2v) is 27.2. The number of halogens is 1. The maximum Gasteiger partial charge on any atom is 0.293 e. The van der Waals surface area contributed by atoms with Crippen molar-refractivity contribution in [3.8, 4) is 11.5 Å². The maximum atomic E-state index is 14.2. The topological polar surface area (TPSA) is 236 Å². The van der Waals surface area contributed by atoms with E-state index in [1.54, 1.807) is 35.4 Å². The Hall–Kier alpha value is -7.69. The lowest BCUT2D eigenvalue weighted by Crippen LogP contribution is -2.52. The summed E-state index contributed by atoms with van der Waals surface area (Å²) in [6.45, 7) is 14.1. The fraction of sp³-hybridized carbons (Fsp3) is 0.439. The maximum absolute atomic E-state index is 14.2. The lowest BCUT2D eigenvalue weighted by atomic mass is 9.72. The number of nitro benzene ring substituents is 1. The van der Waals surface area contributed by atoms with Crippen molar-refractivity contribution in [1.29, 1.82) is 0 Å². The quantitative estimate of drug-likeness (QED) is 0.0202. The Morgan fingerprint density at radius 1 is 0.898 bits per heavy atom. The third-order valence-corrected chi connectivity index (χ3v) is 19.8. The molecule has 0 radical (unpaired) electrons. The van der Waals surface area contributed by atoms with E-state index in [0.29, 0.717) is 49.6 Å². The van der Waals surface area contributed by atoms with Crippen LogP contribution < -0.4 is 25.0 Å². The van der Waals surface area contributed by atoms with Crippen molar-refractivity contribution >= 4 is 78.9 Å². The molecule has 1 unspecified atom stereocenters. The van der Waals surface area contributed by atoms with Gasteiger partial charge in [-0.15, -0.1) is 0 Å². The van der Waals surface area contributed by atoms with Gasteiger partial charge < -0.3 is 34.6 Å². The number of likely N-dealkylation sites (tertiary alicyclic amines) is 1. The molecule has 0 spiro atoms. The molecule has 3 fully saturated rings. The second-order valence-electron chi connectivity index (χ2n) is 25.1. The van der Waals surface area contributed by atoms with Gasteiger partial charge >= 0.3 is 0 Å².